The van der Waals surface area contributed by atoms with Gasteiger partial charge in [0.15, 0.2) is 0 Å². The number of carboxylic acid groups (broad SMARTS) is 4. The summed E-state index contributed by atoms with van der Waals surface area (Å²) in [5.74, 6) is -4.66. The van der Waals surface area contributed by atoms with Gasteiger partial charge in [0.05, 0.1) is 11.9 Å². The van der Waals surface area contributed by atoms with Gasteiger partial charge in [-0.25, -0.2) is 0 Å². The van der Waals surface area contributed by atoms with Crippen LogP contribution in [0.2, 0.25) is 0 Å². The number of hydrogen-bond acceptors (Lipinski definition) is 8. The van der Waals surface area contributed by atoms with E-state index in [2.05, 4.69) is 0 Å². The van der Waals surface area contributed by atoms with Crippen molar-refractivity contribution in [3.63, 3.8) is 0 Å². The van der Waals surface area contributed by atoms with Gasteiger partial charge in [0.25, 0.3) is 0 Å². The number of hydrogen-bond donors (Lipinski definition) is 0. The first-order chi connectivity index (χ1) is 12.2. The maximum atomic E-state index is 10.2. The molecule has 0 N–H and O–H groups in total. The first kappa shape index (κ1) is 23.1. The van der Waals surface area contributed by atoms with Crippen LogP contribution >= 0.6 is 0 Å². The molecule has 144 valence electrons. The Morgan fingerprint density at radius 3 is 1.04 bits per heavy atom. The zero-order valence-corrected chi connectivity index (χ0v) is 14.2. The molecule has 8 nitrogen and oxygen atoms in total. The van der Waals surface area contributed by atoms with Gasteiger partial charge < -0.3 is 39.6 Å². The van der Waals surface area contributed by atoms with Crippen LogP contribution in [0.5, 0.6) is 0 Å². The van der Waals surface area contributed by atoms with E-state index in [-0.39, 0.29) is 24.0 Å². The SMILES string of the molecule is O=C([O-])CCCCCCCCC(=O)[O-].O=C([O-])c1ccc(C(=O)[O-])cc1. The summed E-state index contributed by atoms with van der Waals surface area (Å²) < 4.78 is 0. The van der Waals surface area contributed by atoms with Gasteiger partial charge in [-0.2, -0.15) is 0 Å². The molecule has 0 unspecified atom stereocenters. The minimum Gasteiger partial charge on any atom is -0.550 e. The summed E-state index contributed by atoms with van der Waals surface area (Å²) >= 11 is 0. The normalized spacial score (nSPS) is 9.69. The first-order valence-electron chi connectivity index (χ1n) is 8.16. The second kappa shape index (κ2) is 13.4. The Bertz CT molecular complexity index is 539. The first-order valence-corrected chi connectivity index (χ1v) is 8.16. The molecule has 0 radical (unpaired) electrons. The van der Waals surface area contributed by atoms with Crippen molar-refractivity contribution in [1.82, 2.24) is 0 Å². The molecule has 0 heterocycles. The quantitative estimate of drug-likeness (QED) is 0.408. The Kier molecular flexibility index (Phi) is 11.9. The number of carbonyl (C=O) groups excluding carboxylic acids is 4. The molecule has 0 aromatic heterocycles. The Balaban J connectivity index is 0.000000485. The van der Waals surface area contributed by atoms with Gasteiger partial charge in [0.2, 0.25) is 0 Å². The molecule has 0 aliphatic heterocycles. The van der Waals surface area contributed by atoms with Crippen LogP contribution in [0.3, 0.4) is 0 Å². The van der Waals surface area contributed by atoms with Crippen molar-refractivity contribution in [2.75, 3.05) is 0 Å². The third-order valence-corrected chi connectivity index (χ3v) is 3.37. The maximum Gasteiger partial charge on any atom is 0.0715 e. The predicted octanol–water partition coefficient (Wildman–Crippen LogP) is -1.98. The molecule has 1 rings (SSSR count). The average molecular weight is 364 g/mol. The minimum absolute atomic E-state index is 0.0556. The molecule has 1 aromatic carbocycles. The lowest BCUT2D eigenvalue weighted by Gasteiger charge is -2.04. The molecule has 0 amide bonds. The van der Waals surface area contributed by atoms with E-state index in [4.69, 9.17) is 0 Å². The number of carbonyl (C=O) groups is 4. The third-order valence-electron chi connectivity index (χ3n) is 3.37. The van der Waals surface area contributed by atoms with E-state index in [1.807, 2.05) is 0 Å². The van der Waals surface area contributed by atoms with Crippen molar-refractivity contribution in [2.24, 2.45) is 0 Å². The monoisotopic (exact) mass is 364 g/mol. The number of aliphatic carboxylic acids is 2. The van der Waals surface area contributed by atoms with Crippen LogP contribution < -0.4 is 20.4 Å². The predicted molar refractivity (Wildman–Crippen MR) is 82.1 cm³/mol. The third kappa shape index (κ3) is 12.5. The highest BCUT2D eigenvalue weighted by atomic mass is 16.4. The highest BCUT2D eigenvalue weighted by Gasteiger charge is 1.95. The zero-order chi connectivity index (χ0) is 19.9. The minimum atomic E-state index is -1.33. The molecule has 0 spiro atoms. The molecular formula is C18H20O8-4. The Morgan fingerprint density at radius 1 is 0.538 bits per heavy atom. The fourth-order valence-electron chi connectivity index (χ4n) is 1.99. The molecule has 0 fully saturated rings. The largest absolute Gasteiger partial charge is 0.550 e. The molecule has 0 saturated carbocycles. The van der Waals surface area contributed by atoms with E-state index in [1.54, 1.807) is 0 Å². The average Bonchev–Trinajstić information content (AvgIpc) is 2.57. The molecule has 0 atom stereocenters. The number of carboxylic acids is 4. The van der Waals surface area contributed by atoms with Gasteiger partial charge in [0.1, 0.15) is 0 Å². The van der Waals surface area contributed by atoms with Crippen LogP contribution in [0.25, 0.3) is 0 Å². The lowest BCUT2D eigenvalue weighted by Crippen LogP contribution is -2.24. The van der Waals surface area contributed by atoms with E-state index in [9.17, 15) is 39.6 Å². The van der Waals surface area contributed by atoms with Crippen molar-refractivity contribution >= 4 is 23.9 Å². The lowest BCUT2D eigenvalue weighted by atomic mass is 10.1. The van der Waals surface area contributed by atoms with Crippen LogP contribution in [0.15, 0.2) is 24.3 Å². The smallest absolute Gasteiger partial charge is 0.0715 e. The van der Waals surface area contributed by atoms with Gasteiger partial charge >= 0.3 is 0 Å². The Hall–Kier alpha value is -2.90. The summed E-state index contributed by atoms with van der Waals surface area (Å²) in [4.78, 5) is 40.5. The number of benzene rings is 1. The van der Waals surface area contributed by atoms with Crippen LogP contribution in [0, 0.1) is 0 Å². The summed E-state index contributed by atoms with van der Waals surface area (Å²) in [5, 5.41) is 40.5. The summed E-state index contributed by atoms with van der Waals surface area (Å²) in [6.07, 6.45) is 5.23. The van der Waals surface area contributed by atoms with Crippen LogP contribution in [-0.2, 0) is 9.59 Å². The fraction of sp³-hybridized carbons (Fsp3) is 0.444. The van der Waals surface area contributed by atoms with Crippen molar-refractivity contribution in [2.45, 2.75) is 51.4 Å². The van der Waals surface area contributed by atoms with Crippen LogP contribution in [0.1, 0.15) is 72.1 Å². The molecule has 0 saturated heterocycles. The fourth-order valence-corrected chi connectivity index (χ4v) is 1.99. The summed E-state index contributed by atoms with van der Waals surface area (Å²) in [5.41, 5.74) is -0.111. The van der Waals surface area contributed by atoms with Crippen molar-refractivity contribution < 1.29 is 39.6 Å². The Labute approximate surface area is 151 Å². The molecule has 0 aliphatic rings. The summed E-state index contributed by atoms with van der Waals surface area (Å²) in [7, 11) is 0. The Morgan fingerprint density at radius 2 is 0.808 bits per heavy atom. The maximum absolute atomic E-state index is 10.2. The second-order valence-corrected chi connectivity index (χ2v) is 5.52. The van der Waals surface area contributed by atoms with E-state index in [0.717, 1.165) is 49.9 Å². The van der Waals surface area contributed by atoms with Gasteiger partial charge in [-0.3, -0.25) is 0 Å². The van der Waals surface area contributed by atoms with E-state index in [1.165, 1.54) is 0 Å². The van der Waals surface area contributed by atoms with E-state index in [0.29, 0.717) is 12.8 Å². The molecule has 1 aromatic rings. The molecular weight excluding hydrogens is 344 g/mol. The van der Waals surface area contributed by atoms with E-state index < -0.39 is 23.9 Å². The van der Waals surface area contributed by atoms with E-state index >= 15 is 0 Å². The number of unbranched alkanes of at least 4 members (excludes halogenated alkanes) is 5. The van der Waals surface area contributed by atoms with Crippen molar-refractivity contribution in [3.8, 4) is 0 Å². The van der Waals surface area contributed by atoms with Gasteiger partial charge in [0, 0.05) is 11.9 Å². The van der Waals surface area contributed by atoms with Gasteiger partial charge in [-0.15, -0.1) is 0 Å². The molecule has 0 aliphatic carbocycles. The van der Waals surface area contributed by atoms with Gasteiger partial charge in [-0.1, -0.05) is 49.9 Å². The number of aromatic carboxylic acids is 2. The lowest BCUT2D eigenvalue weighted by molar-refractivity contribution is -0.307. The van der Waals surface area contributed by atoms with Crippen LogP contribution in [-0.4, -0.2) is 23.9 Å². The summed E-state index contributed by atoms with van der Waals surface area (Å²) in [6.45, 7) is 0. The summed E-state index contributed by atoms with van der Waals surface area (Å²) in [6, 6.07) is 4.61. The highest BCUT2D eigenvalue weighted by molar-refractivity contribution is 5.89. The zero-order valence-electron chi connectivity index (χ0n) is 14.2. The van der Waals surface area contributed by atoms with Crippen molar-refractivity contribution in [3.05, 3.63) is 35.4 Å². The molecule has 8 heteroatoms. The highest BCUT2D eigenvalue weighted by Crippen LogP contribution is 2.07. The van der Waals surface area contributed by atoms with Crippen LogP contribution in [0.4, 0.5) is 0 Å². The number of rotatable bonds is 11. The second-order valence-electron chi connectivity index (χ2n) is 5.52. The van der Waals surface area contributed by atoms with Gasteiger partial charge in [-0.05, 0) is 36.8 Å². The molecule has 26 heavy (non-hydrogen) atoms. The van der Waals surface area contributed by atoms with Crippen molar-refractivity contribution in [1.29, 1.82) is 0 Å². The topological polar surface area (TPSA) is 161 Å². The standard InChI is InChI=1S/C10H18O4.C8H6O4/c11-9(12)7-5-3-1-2-4-6-8-10(13)14;9-7(10)5-1-2-6(4-3-5)8(11)12/h1-8H2,(H,11,12)(H,13,14);1-4H,(H,9,10)(H,11,12)/p-4. The molecule has 0 bridgehead atoms.